The molecule has 4 heteroatoms. The third-order valence-electron chi connectivity index (χ3n) is 3.16. The second-order valence-electron chi connectivity index (χ2n) is 4.78. The SMILES string of the molecule is CC1COC(CCC2COC(C)OC2)CO1. The molecule has 0 aromatic heterocycles. The molecule has 0 amide bonds. The second kappa shape index (κ2) is 5.96. The van der Waals surface area contributed by atoms with E-state index in [0.29, 0.717) is 5.92 Å². The maximum Gasteiger partial charge on any atom is 0.154 e. The summed E-state index contributed by atoms with van der Waals surface area (Å²) in [5, 5.41) is 0. The highest BCUT2D eigenvalue weighted by Crippen LogP contribution is 2.19. The average Bonchev–Trinajstić information content (AvgIpc) is 2.30. The van der Waals surface area contributed by atoms with Crippen molar-refractivity contribution in [3.8, 4) is 0 Å². The second-order valence-corrected chi connectivity index (χ2v) is 4.78. The summed E-state index contributed by atoms with van der Waals surface area (Å²) >= 11 is 0. The molecule has 2 unspecified atom stereocenters. The molecule has 0 aliphatic carbocycles. The van der Waals surface area contributed by atoms with Gasteiger partial charge in [0.25, 0.3) is 0 Å². The molecule has 2 aliphatic rings. The maximum atomic E-state index is 5.70. The standard InChI is InChI=1S/C12H22O4/c1-9-5-16-12(8-13-9)4-3-11-6-14-10(2)15-7-11/h9-12H,3-8H2,1-2H3. The van der Waals surface area contributed by atoms with Crippen LogP contribution in [0, 0.1) is 5.92 Å². The monoisotopic (exact) mass is 230 g/mol. The summed E-state index contributed by atoms with van der Waals surface area (Å²) in [6, 6.07) is 0. The van der Waals surface area contributed by atoms with Gasteiger partial charge < -0.3 is 18.9 Å². The van der Waals surface area contributed by atoms with Crippen LogP contribution in [0.2, 0.25) is 0 Å². The lowest BCUT2D eigenvalue weighted by Crippen LogP contribution is -2.35. The third kappa shape index (κ3) is 3.70. The third-order valence-corrected chi connectivity index (χ3v) is 3.16. The largest absolute Gasteiger partial charge is 0.373 e. The van der Waals surface area contributed by atoms with Crippen LogP contribution in [0.5, 0.6) is 0 Å². The van der Waals surface area contributed by atoms with Gasteiger partial charge in [0, 0.05) is 5.92 Å². The van der Waals surface area contributed by atoms with Crippen molar-refractivity contribution in [1.29, 1.82) is 0 Å². The van der Waals surface area contributed by atoms with Gasteiger partial charge in [-0.2, -0.15) is 0 Å². The van der Waals surface area contributed by atoms with Crippen LogP contribution in [-0.2, 0) is 18.9 Å². The summed E-state index contributed by atoms with van der Waals surface area (Å²) in [5.41, 5.74) is 0. The number of hydrogen-bond acceptors (Lipinski definition) is 4. The minimum absolute atomic E-state index is 0.0358. The molecule has 0 aromatic rings. The Balaban J connectivity index is 1.60. The highest BCUT2D eigenvalue weighted by atomic mass is 16.7. The minimum atomic E-state index is -0.0358. The predicted octanol–water partition coefficient (Wildman–Crippen LogP) is 1.58. The van der Waals surface area contributed by atoms with Gasteiger partial charge in [-0.3, -0.25) is 0 Å². The van der Waals surface area contributed by atoms with Crippen LogP contribution < -0.4 is 0 Å². The maximum absolute atomic E-state index is 5.70. The number of rotatable bonds is 3. The Kier molecular flexibility index (Phi) is 4.58. The zero-order valence-corrected chi connectivity index (χ0v) is 10.2. The highest BCUT2D eigenvalue weighted by molar-refractivity contribution is 4.69. The van der Waals surface area contributed by atoms with E-state index in [1.165, 1.54) is 0 Å². The van der Waals surface area contributed by atoms with Crippen LogP contribution in [0.1, 0.15) is 26.7 Å². The van der Waals surface area contributed by atoms with E-state index in [2.05, 4.69) is 0 Å². The summed E-state index contributed by atoms with van der Waals surface area (Å²) in [7, 11) is 0. The Morgan fingerprint density at radius 1 is 0.812 bits per heavy atom. The molecule has 4 nitrogen and oxygen atoms in total. The van der Waals surface area contributed by atoms with Crippen LogP contribution in [0.25, 0.3) is 0 Å². The van der Waals surface area contributed by atoms with Crippen molar-refractivity contribution in [1.82, 2.24) is 0 Å². The van der Waals surface area contributed by atoms with Crippen molar-refractivity contribution in [3.05, 3.63) is 0 Å². The molecule has 2 atom stereocenters. The summed E-state index contributed by atoms with van der Waals surface area (Å²) in [4.78, 5) is 0. The van der Waals surface area contributed by atoms with Gasteiger partial charge >= 0.3 is 0 Å². The van der Waals surface area contributed by atoms with Crippen LogP contribution in [0.3, 0.4) is 0 Å². The average molecular weight is 230 g/mol. The lowest BCUT2D eigenvalue weighted by molar-refractivity contribution is -0.193. The molecule has 0 spiro atoms. The van der Waals surface area contributed by atoms with E-state index in [9.17, 15) is 0 Å². The van der Waals surface area contributed by atoms with Gasteiger partial charge in [0.15, 0.2) is 6.29 Å². The predicted molar refractivity (Wildman–Crippen MR) is 59.2 cm³/mol. The smallest absolute Gasteiger partial charge is 0.154 e. The van der Waals surface area contributed by atoms with Crippen molar-refractivity contribution >= 4 is 0 Å². The first-order valence-electron chi connectivity index (χ1n) is 6.20. The van der Waals surface area contributed by atoms with Gasteiger partial charge in [0.1, 0.15) is 0 Å². The van der Waals surface area contributed by atoms with Crippen LogP contribution in [0.15, 0.2) is 0 Å². The molecule has 0 N–H and O–H groups in total. The van der Waals surface area contributed by atoms with Crippen LogP contribution in [0.4, 0.5) is 0 Å². The molecular weight excluding hydrogens is 208 g/mol. The van der Waals surface area contributed by atoms with E-state index >= 15 is 0 Å². The van der Waals surface area contributed by atoms with Gasteiger partial charge in [-0.05, 0) is 26.7 Å². The zero-order chi connectivity index (χ0) is 11.4. The molecule has 0 bridgehead atoms. The molecule has 2 aliphatic heterocycles. The number of ether oxygens (including phenoxy) is 4. The van der Waals surface area contributed by atoms with Crippen molar-refractivity contribution in [2.24, 2.45) is 5.92 Å². The topological polar surface area (TPSA) is 36.9 Å². The van der Waals surface area contributed by atoms with Crippen LogP contribution in [-0.4, -0.2) is 44.9 Å². The van der Waals surface area contributed by atoms with Gasteiger partial charge in [-0.25, -0.2) is 0 Å². The Morgan fingerprint density at radius 2 is 1.56 bits per heavy atom. The lowest BCUT2D eigenvalue weighted by atomic mass is 10.0. The zero-order valence-electron chi connectivity index (χ0n) is 10.2. The van der Waals surface area contributed by atoms with E-state index in [4.69, 9.17) is 18.9 Å². The summed E-state index contributed by atoms with van der Waals surface area (Å²) < 4.78 is 22.2. The van der Waals surface area contributed by atoms with Gasteiger partial charge in [-0.1, -0.05) is 0 Å². The van der Waals surface area contributed by atoms with Crippen molar-refractivity contribution in [3.63, 3.8) is 0 Å². The molecule has 0 aromatic carbocycles. The lowest BCUT2D eigenvalue weighted by Gasteiger charge is -2.30. The summed E-state index contributed by atoms with van der Waals surface area (Å²) in [5.74, 6) is 0.513. The molecule has 2 fully saturated rings. The quantitative estimate of drug-likeness (QED) is 0.737. The molecule has 16 heavy (non-hydrogen) atoms. The van der Waals surface area contributed by atoms with Crippen molar-refractivity contribution < 1.29 is 18.9 Å². The Morgan fingerprint density at radius 3 is 2.19 bits per heavy atom. The highest BCUT2D eigenvalue weighted by Gasteiger charge is 2.23. The normalized spacial score (nSPS) is 40.9. The Hall–Kier alpha value is -0.160. The molecule has 0 saturated carbocycles. The number of hydrogen-bond donors (Lipinski definition) is 0. The first kappa shape index (κ1) is 12.3. The van der Waals surface area contributed by atoms with E-state index in [0.717, 1.165) is 39.3 Å². The first-order chi connectivity index (χ1) is 7.74. The first-order valence-corrected chi connectivity index (χ1v) is 6.20. The van der Waals surface area contributed by atoms with E-state index < -0.39 is 0 Å². The molecule has 2 saturated heterocycles. The molecule has 94 valence electrons. The van der Waals surface area contributed by atoms with Gasteiger partial charge in [0.05, 0.1) is 38.6 Å². The fourth-order valence-electron chi connectivity index (χ4n) is 2.03. The fourth-order valence-corrected chi connectivity index (χ4v) is 2.03. The van der Waals surface area contributed by atoms with E-state index in [-0.39, 0.29) is 18.5 Å². The minimum Gasteiger partial charge on any atom is -0.373 e. The van der Waals surface area contributed by atoms with E-state index in [1.807, 2.05) is 13.8 Å². The summed E-state index contributed by atoms with van der Waals surface area (Å²) in [6.07, 6.45) is 2.61. The molecular formula is C12H22O4. The molecule has 0 radical (unpaired) electrons. The Labute approximate surface area is 97.2 Å². The van der Waals surface area contributed by atoms with E-state index in [1.54, 1.807) is 0 Å². The van der Waals surface area contributed by atoms with Crippen molar-refractivity contribution in [2.75, 3.05) is 26.4 Å². The van der Waals surface area contributed by atoms with Crippen molar-refractivity contribution in [2.45, 2.75) is 45.2 Å². The molecule has 2 rings (SSSR count). The fraction of sp³-hybridized carbons (Fsp3) is 1.00. The summed E-state index contributed by atoms with van der Waals surface area (Å²) in [6.45, 7) is 7.05. The Bertz CT molecular complexity index is 171. The van der Waals surface area contributed by atoms with Gasteiger partial charge in [0.2, 0.25) is 0 Å². The molecule has 2 heterocycles. The van der Waals surface area contributed by atoms with Gasteiger partial charge in [-0.15, -0.1) is 0 Å². The van der Waals surface area contributed by atoms with Crippen LogP contribution >= 0.6 is 0 Å².